The van der Waals surface area contributed by atoms with E-state index >= 15 is 0 Å². The van der Waals surface area contributed by atoms with Crippen molar-refractivity contribution >= 4 is 0 Å². The third-order valence-electron chi connectivity index (χ3n) is 1.51. The second-order valence-electron chi connectivity index (χ2n) is 2.47. The van der Waals surface area contributed by atoms with Crippen molar-refractivity contribution in [2.75, 3.05) is 6.54 Å². The average molecular weight is 162 g/mol. The smallest absolute Gasteiger partial charge is 0.114 e. The molecule has 1 radical (unpaired) electrons. The standard InChI is InChI=1S/C9H12N3/c1-3-4-11-8(2)9-7-10-5-6-12-9/h3,5-6,8,11H,1,4H2,2H3. The van der Waals surface area contributed by atoms with Crippen LogP contribution in [0.25, 0.3) is 0 Å². The van der Waals surface area contributed by atoms with E-state index in [9.17, 15) is 0 Å². The van der Waals surface area contributed by atoms with Crippen LogP contribution in [0.15, 0.2) is 25.0 Å². The van der Waals surface area contributed by atoms with Crippen molar-refractivity contribution in [3.8, 4) is 0 Å². The molecule has 63 valence electrons. The Bertz CT molecular complexity index is 233. The van der Waals surface area contributed by atoms with Crippen LogP contribution in [0.1, 0.15) is 18.7 Å². The molecule has 0 bridgehead atoms. The van der Waals surface area contributed by atoms with Gasteiger partial charge in [0.1, 0.15) is 6.20 Å². The van der Waals surface area contributed by atoms with Gasteiger partial charge in [-0.3, -0.25) is 9.97 Å². The topological polar surface area (TPSA) is 37.8 Å². The molecular formula is C9H12N3. The Morgan fingerprint density at radius 3 is 3.17 bits per heavy atom. The van der Waals surface area contributed by atoms with E-state index in [4.69, 9.17) is 0 Å². The van der Waals surface area contributed by atoms with Crippen LogP contribution in [0.4, 0.5) is 0 Å². The minimum atomic E-state index is 0.178. The third-order valence-corrected chi connectivity index (χ3v) is 1.51. The Labute approximate surface area is 72.6 Å². The highest BCUT2D eigenvalue weighted by atomic mass is 14.9. The Balaban J connectivity index is 2.53. The van der Waals surface area contributed by atoms with E-state index < -0.39 is 0 Å². The van der Waals surface area contributed by atoms with Gasteiger partial charge in [-0.05, 0) is 6.92 Å². The summed E-state index contributed by atoms with van der Waals surface area (Å²) < 4.78 is 0. The summed E-state index contributed by atoms with van der Waals surface area (Å²) in [4.78, 5) is 7.98. The molecule has 1 N–H and O–H groups in total. The molecule has 1 rings (SSSR count). The number of nitrogens with one attached hydrogen (secondary N) is 1. The fourth-order valence-electron chi connectivity index (χ4n) is 0.845. The van der Waals surface area contributed by atoms with Gasteiger partial charge in [0.25, 0.3) is 0 Å². The molecule has 0 aromatic carbocycles. The van der Waals surface area contributed by atoms with Gasteiger partial charge < -0.3 is 5.32 Å². The Morgan fingerprint density at radius 2 is 2.58 bits per heavy atom. The quantitative estimate of drug-likeness (QED) is 0.674. The summed E-state index contributed by atoms with van der Waals surface area (Å²) in [6, 6.07) is 0.178. The summed E-state index contributed by atoms with van der Waals surface area (Å²) in [7, 11) is 0. The van der Waals surface area contributed by atoms with Gasteiger partial charge in [-0.15, -0.1) is 6.58 Å². The molecule has 1 heterocycles. The zero-order valence-electron chi connectivity index (χ0n) is 7.12. The molecule has 0 amide bonds. The minimum Gasteiger partial charge on any atom is -0.305 e. The van der Waals surface area contributed by atoms with E-state index in [0.717, 1.165) is 12.2 Å². The molecule has 0 aliphatic rings. The summed E-state index contributed by atoms with van der Waals surface area (Å²) in [6.45, 7) is 6.40. The van der Waals surface area contributed by atoms with E-state index in [1.54, 1.807) is 12.4 Å². The van der Waals surface area contributed by atoms with Crippen LogP contribution in [-0.2, 0) is 0 Å². The maximum atomic E-state index is 4.12. The molecule has 3 nitrogen and oxygen atoms in total. The molecule has 3 heteroatoms. The monoisotopic (exact) mass is 162 g/mol. The van der Waals surface area contributed by atoms with Crippen LogP contribution in [-0.4, -0.2) is 16.5 Å². The molecule has 0 aliphatic carbocycles. The molecule has 12 heavy (non-hydrogen) atoms. The van der Waals surface area contributed by atoms with Crippen molar-refractivity contribution in [1.29, 1.82) is 0 Å². The van der Waals surface area contributed by atoms with Gasteiger partial charge in [0.15, 0.2) is 0 Å². The normalized spacial score (nSPS) is 12.4. The highest BCUT2D eigenvalue weighted by molar-refractivity contribution is 4.99. The van der Waals surface area contributed by atoms with E-state index in [0.29, 0.717) is 0 Å². The van der Waals surface area contributed by atoms with Gasteiger partial charge >= 0.3 is 0 Å². The Morgan fingerprint density at radius 1 is 1.75 bits per heavy atom. The lowest BCUT2D eigenvalue weighted by Crippen LogP contribution is -2.19. The van der Waals surface area contributed by atoms with Crippen molar-refractivity contribution in [3.05, 3.63) is 36.9 Å². The molecule has 1 aromatic rings. The number of hydrogen-bond acceptors (Lipinski definition) is 3. The largest absolute Gasteiger partial charge is 0.305 e. The first-order chi connectivity index (χ1) is 5.84. The first kappa shape index (κ1) is 8.87. The zero-order valence-corrected chi connectivity index (χ0v) is 7.12. The summed E-state index contributed by atoms with van der Waals surface area (Å²) in [6.07, 6.45) is 7.91. The number of rotatable bonds is 4. The molecular weight excluding hydrogens is 150 g/mol. The van der Waals surface area contributed by atoms with E-state index in [1.807, 2.05) is 13.0 Å². The maximum absolute atomic E-state index is 4.12. The van der Waals surface area contributed by atoms with E-state index in [2.05, 4.69) is 28.1 Å². The van der Waals surface area contributed by atoms with Crippen LogP contribution >= 0.6 is 0 Å². The highest BCUT2D eigenvalue weighted by Gasteiger charge is 2.03. The van der Waals surface area contributed by atoms with Gasteiger partial charge in [0, 0.05) is 25.0 Å². The second-order valence-corrected chi connectivity index (χ2v) is 2.47. The van der Waals surface area contributed by atoms with Crippen LogP contribution in [0.5, 0.6) is 0 Å². The first-order valence-corrected chi connectivity index (χ1v) is 3.87. The lowest BCUT2D eigenvalue weighted by molar-refractivity contribution is 0.597. The van der Waals surface area contributed by atoms with Crippen LogP contribution in [0, 0.1) is 6.20 Å². The number of nitrogens with zero attached hydrogens (tertiary/aromatic N) is 2. The van der Waals surface area contributed by atoms with Crippen molar-refractivity contribution in [2.45, 2.75) is 13.0 Å². The number of aromatic nitrogens is 2. The van der Waals surface area contributed by atoms with Crippen molar-refractivity contribution < 1.29 is 0 Å². The molecule has 1 unspecified atom stereocenters. The van der Waals surface area contributed by atoms with Crippen LogP contribution in [0.2, 0.25) is 0 Å². The number of hydrogen-bond donors (Lipinski definition) is 1. The van der Waals surface area contributed by atoms with E-state index in [1.165, 1.54) is 0 Å². The lowest BCUT2D eigenvalue weighted by atomic mass is 10.2. The third kappa shape index (κ3) is 2.43. The molecule has 0 saturated carbocycles. The molecule has 0 fully saturated rings. The Kier molecular flexibility index (Phi) is 3.41. The van der Waals surface area contributed by atoms with E-state index in [-0.39, 0.29) is 6.04 Å². The molecule has 0 saturated heterocycles. The lowest BCUT2D eigenvalue weighted by Gasteiger charge is -2.09. The second kappa shape index (κ2) is 4.62. The predicted octanol–water partition coefficient (Wildman–Crippen LogP) is 1.11. The van der Waals surface area contributed by atoms with Crippen molar-refractivity contribution in [3.63, 3.8) is 0 Å². The molecule has 1 atom stereocenters. The summed E-state index contributed by atoms with van der Waals surface area (Å²) >= 11 is 0. The summed E-state index contributed by atoms with van der Waals surface area (Å²) in [5, 5.41) is 3.20. The summed E-state index contributed by atoms with van der Waals surface area (Å²) in [5.74, 6) is 0. The van der Waals surface area contributed by atoms with Crippen molar-refractivity contribution in [2.24, 2.45) is 0 Å². The van der Waals surface area contributed by atoms with Gasteiger partial charge in [-0.2, -0.15) is 0 Å². The van der Waals surface area contributed by atoms with Gasteiger partial charge in [0.2, 0.25) is 0 Å². The van der Waals surface area contributed by atoms with Crippen LogP contribution < -0.4 is 5.32 Å². The zero-order chi connectivity index (χ0) is 8.81. The van der Waals surface area contributed by atoms with Gasteiger partial charge in [0.05, 0.1) is 5.69 Å². The Hall–Kier alpha value is -1.22. The first-order valence-electron chi connectivity index (χ1n) is 3.87. The van der Waals surface area contributed by atoms with Crippen LogP contribution in [0.3, 0.4) is 0 Å². The molecule has 0 aliphatic heterocycles. The van der Waals surface area contributed by atoms with Crippen molar-refractivity contribution in [1.82, 2.24) is 15.3 Å². The minimum absolute atomic E-state index is 0.178. The summed E-state index contributed by atoms with van der Waals surface area (Å²) in [5.41, 5.74) is 0.833. The maximum Gasteiger partial charge on any atom is 0.114 e. The molecule has 0 spiro atoms. The fourth-order valence-corrected chi connectivity index (χ4v) is 0.845. The molecule has 1 aromatic heterocycles. The average Bonchev–Trinajstić information content (AvgIpc) is 2.15. The fraction of sp³-hybridized carbons (Fsp3) is 0.333. The van der Waals surface area contributed by atoms with Gasteiger partial charge in [-0.1, -0.05) is 6.08 Å². The predicted molar refractivity (Wildman–Crippen MR) is 47.5 cm³/mol. The SMILES string of the molecule is C=CCNC(C)c1[c]nccn1. The highest BCUT2D eigenvalue weighted by Crippen LogP contribution is 2.04. The van der Waals surface area contributed by atoms with Gasteiger partial charge in [-0.25, -0.2) is 0 Å².